The van der Waals surface area contributed by atoms with Gasteiger partial charge in [0.15, 0.2) is 0 Å². The molecular weight excluding hydrogens is 708 g/mol. The highest BCUT2D eigenvalue weighted by molar-refractivity contribution is 7.92. The molecule has 1 N–H and O–H groups in total. The number of nitrogens with zero attached hydrogens (tertiary/aromatic N) is 4. The van der Waals surface area contributed by atoms with Crippen molar-refractivity contribution in [3.05, 3.63) is 135 Å². The van der Waals surface area contributed by atoms with E-state index in [9.17, 15) is 40.5 Å². The van der Waals surface area contributed by atoms with E-state index in [1.807, 2.05) is 29.0 Å². The summed E-state index contributed by atoms with van der Waals surface area (Å²) in [5.41, 5.74) is -1.92. The van der Waals surface area contributed by atoms with Crippen molar-refractivity contribution in [3.63, 3.8) is 0 Å². The largest absolute Gasteiger partial charge is 0.417 e. The normalized spacial score (nSPS) is 11.8. The van der Waals surface area contributed by atoms with Crippen LogP contribution in [0.2, 0.25) is 16.6 Å². The molecule has 5 aromatic rings. The Hall–Kier alpha value is -4.38. The number of hydrogen-bond donors (Lipinski definition) is 1. The Kier molecular flexibility index (Phi) is 10.7. The molecule has 0 saturated heterocycles. The van der Waals surface area contributed by atoms with E-state index in [4.69, 9.17) is 23.2 Å². The Labute approximate surface area is 275 Å². The third kappa shape index (κ3) is 8.71. The predicted molar refractivity (Wildman–Crippen MR) is 169 cm³/mol. The number of nitro groups is 1. The SMILES string of the molecule is C[Si](Cn1cncn1)(c1ccc(F)cc1)c1ccc(F)cc1.O=[N+]([O-])c1ccc(NS(=O)(=O)c2ccc(Cl)c(C(F)(F)F)c2)c(Cl)c1. The van der Waals surface area contributed by atoms with Crippen LogP contribution in [0.5, 0.6) is 0 Å². The number of alkyl halides is 3. The molecule has 0 aliphatic heterocycles. The number of benzene rings is 4. The minimum Gasteiger partial charge on any atom is -0.278 e. The van der Waals surface area contributed by atoms with Crippen LogP contribution in [0.4, 0.5) is 33.3 Å². The van der Waals surface area contributed by atoms with Crippen LogP contribution in [0.15, 0.2) is 102 Å². The molecule has 18 heteroatoms. The van der Waals surface area contributed by atoms with Crippen molar-refractivity contribution < 1.29 is 35.3 Å². The monoisotopic (exact) mass is 729 g/mol. The maximum absolute atomic E-state index is 13.2. The molecule has 0 radical (unpaired) electrons. The molecule has 5 rings (SSSR count). The van der Waals surface area contributed by atoms with Crippen molar-refractivity contribution in [1.82, 2.24) is 14.8 Å². The van der Waals surface area contributed by atoms with Crippen LogP contribution >= 0.6 is 23.2 Å². The summed E-state index contributed by atoms with van der Waals surface area (Å²) in [5, 5.41) is 16.0. The Morgan fingerprint density at radius 2 is 1.47 bits per heavy atom. The lowest BCUT2D eigenvalue weighted by Gasteiger charge is -2.28. The lowest BCUT2D eigenvalue weighted by molar-refractivity contribution is -0.384. The number of nitrogens with one attached hydrogen (secondary N) is 1. The standard InChI is InChI=1S/C16H15F2N3Si.C13H7Cl2F3N2O4S/c1-22(12-21-11-19-10-20-21,15-6-2-13(17)3-7-15)16-8-4-14(18)5-9-16;14-10-3-2-8(6-9(10)13(16,17)18)25(23,24)19-12-4-1-7(20(21)22)5-11(12)15/h2-11H,12H2,1H3;1-6,19H. The molecule has 0 amide bonds. The summed E-state index contributed by atoms with van der Waals surface area (Å²) in [5.74, 6) is -0.528. The van der Waals surface area contributed by atoms with Gasteiger partial charge >= 0.3 is 6.18 Å². The molecule has 9 nitrogen and oxygen atoms in total. The van der Waals surface area contributed by atoms with Gasteiger partial charge in [-0.1, -0.05) is 64.4 Å². The van der Waals surface area contributed by atoms with Gasteiger partial charge in [-0.3, -0.25) is 19.5 Å². The molecule has 0 aliphatic carbocycles. The minimum absolute atomic E-state index is 0.226. The molecule has 0 spiro atoms. The van der Waals surface area contributed by atoms with Crippen LogP contribution in [0, 0.1) is 21.7 Å². The van der Waals surface area contributed by atoms with E-state index in [2.05, 4.69) is 16.6 Å². The van der Waals surface area contributed by atoms with E-state index in [1.54, 1.807) is 11.0 Å². The van der Waals surface area contributed by atoms with E-state index < -0.39 is 44.7 Å². The summed E-state index contributed by atoms with van der Waals surface area (Å²) in [4.78, 5) is 13.2. The summed E-state index contributed by atoms with van der Waals surface area (Å²) < 4.78 is 93.3. The second-order valence-electron chi connectivity index (χ2n) is 10.1. The van der Waals surface area contributed by atoms with Crippen LogP contribution in [-0.4, -0.2) is 36.2 Å². The van der Waals surface area contributed by atoms with Gasteiger partial charge in [-0.15, -0.1) is 0 Å². The van der Waals surface area contributed by atoms with Gasteiger partial charge in [-0.2, -0.15) is 18.3 Å². The van der Waals surface area contributed by atoms with Crippen molar-refractivity contribution in [2.45, 2.75) is 23.8 Å². The lowest BCUT2D eigenvalue weighted by atomic mass is 10.2. The zero-order valence-corrected chi connectivity index (χ0v) is 27.2. The van der Waals surface area contributed by atoms with E-state index in [-0.39, 0.29) is 28.0 Å². The maximum atomic E-state index is 13.2. The topological polar surface area (TPSA) is 120 Å². The van der Waals surface area contributed by atoms with Crippen LogP contribution in [0.1, 0.15) is 5.56 Å². The fourth-order valence-corrected chi connectivity index (χ4v) is 9.34. The van der Waals surface area contributed by atoms with Gasteiger partial charge in [0.1, 0.15) is 32.4 Å². The second kappa shape index (κ2) is 14.2. The summed E-state index contributed by atoms with van der Waals surface area (Å²) in [6.45, 7) is 2.16. The van der Waals surface area contributed by atoms with Gasteiger partial charge in [0.25, 0.3) is 15.7 Å². The van der Waals surface area contributed by atoms with E-state index in [0.29, 0.717) is 12.2 Å². The van der Waals surface area contributed by atoms with Crippen molar-refractivity contribution in [1.29, 1.82) is 0 Å². The van der Waals surface area contributed by atoms with Crippen molar-refractivity contribution in [2.24, 2.45) is 0 Å². The molecule has 0 fully saturated rings. The first kappa shape index (κ1) is 35.5. The summed E-state index contributed by atoms with van der Waals surface area (Å²) in [7, 11) is -6.66. The highest BCUT2D eigenvalue weighted by Gasteiger charge is 2.35. The predicted octanol–water partition coefficient (Wildman–Crippen LogP) is 6.71. The molecule has 0 aliphatic rings. The van der Waals surface area contributed by atoms with Crippen molar-refractivity contribution in [2.75, 3.05) is 4.72 Å². The number of hydrogen-bond acceptors (Lipinski definition) is 6. The van der Waals surface area contributed by atoms with Gasteiger partial charge in [0, 0.05) is 18.3 Å². The summed E-state index contributed by atoms with van der Waals surface area (Å²) in [6, 6.07) is 18.1. The third-order valence-corrected chi connectivity index (χ3v) is 13.0. The number of anilines is 1. The van der Waals surface area contributed by atoms with Crippen LogP contribution in [-0.2, 0) is 22.4 Å². The number of rotatable bonds is 8. The molecule has 1 heterocycles. The van der Waals surface area contributed by atoms with Crippen LogP contribution < -0.4 is 15.1 Å². The van der Waals surface area contributed by atoms with Gasteiger partial charge in [0.05, 0.1) is 31.1 Å². The van der Waals surface area contributed by atoms with Gasteiger partial charge in [0.2, 0.25) is 0 Å². The van der Waals surface area contributed by atoms with Crippen LogP contribution in [0.3, 0.4) is 0 Å². The Morgan fingerprint density at radius 3 is 1.94 bits per heavy atom. The molecule has 0 saturated carbocycles. The Morgan fingerprint density at radius 1 is 0.894 bits per heavy atom. The molecule has 0 unspecified atom stereocenters. The first-order valence-electron chi connectivity index (χ1n) is 13.2. The molecular formula is C29H22Cl2F5N5O4SSi. The molecule has 0 bridgehead atoms. The fraction of sp³-hybridized carbons (Fsp3) is 0.103. The first-order valence-corrected chi connectivity index (χ1v) is 18.1. The van der Waals surface area contributed by atoms with Crippen molar-refractivity contribution >= 4 is 63.0 Å². The third-order valence-electron chi connectivity index (χ3n) is 6.87. The molecule has 47 heavy (non-hydrogen) atoms. The molecule has 0 atom stereocenters. The fourth-order valence-electron chi connectivity index (χ4n) is 4.42. The Balaban J connectivity index is 0.000000214. The molecule has 246 valence electrons. The quantitative estimate of drug-likeness (QED) is 0.0821. The van der Waals surface area contributed by atoms with E-state index in [1.165, 1.54) is 30.6 Å². The highest BCUT2D eigenvalue weighted by atomic mass is 35.5. The van der Waals surface area contributed by atoms with E-state index in [0.717, 1.165) is 40.7 Å². The Bertz CT molecular complexity index is 1940. The molecule has 1 aromatic heterocycles. The first-order chi connectivity index (χ1) is 22.0. The van der Waals surface area contributed by atoms with E-state index >= 15 is 0 Å². The molecule has 4 aromatic carbocycles. The zero-order valence-electron chi connectivity index (χ0n) is 23.9. The lowest BCUT2D eigenvalue weighted by Crippen LogP contribution is -2.59. The smallest absolute Gasteiger partial charge is 0.278 e. The van der Waals surface area contributed by atoms with Gasteiger partial charge in [-0.25, -0.2) is 22.2 Å². The second-order valence-corrected chi connectivity index (χ2v) is 16.7. The zero-order chi connectivity index (χ0) is 34.6. The average molecular weight is 731 g/mol. The summed E-state index contributed by atoms with van der Waals surface area (Å²) in [6.07, 6.45) is -1.03. The van der Waals surface area contributed by atoms with Crippen LogP contribution in [0.25, 0.3) is 0 Å². The number of sulfonamides is 1. The highest BCUT2D eigenvalue weighted by Crippen LogP contribution is 2.36. The number of halogens is 7. The summed E-state index contributed by atoms with van der Waals surface area (Å²) >= 11 is 11.2. The van der Waals surface area contributed by atoms with Gasteiger partial charge < -0.3 is 0 Å². The number of nitro benzene ring substituents is 1. The van der Waals surface area contributed by atoms with Gasteiger partial charge in [-0.05, 0) is 48.5 Å². The average Bonchev–Trinajstić information content (AvgIpc) is 3.51. The van der Waals surface area contributed by atoms with Crippen molar-refractivity contribution in [3.8, 4) is 0 Å². The maximum Gasteiger partial charge on any atom is 0.417 e. The number of aromatic nitrogens is 3. The minimum atomic E-state index is -4.84. The number of non-ortho nitro benzene ring substituents is 1.